The molecule has 3 rings (SSSR count). The summed E-state index contributed by atoms with van der Waals surface area (Å²) in [6, 6.07) is 9.64. The minimum atomic E-state index is -0.0351. The molecule has 0 bridgehead atoms. The number of rotatable bonds is 4. The zero-order chi connectivity index (χ0) is 14.8. The minimum Gasteiger partial charge on any atom is -0.339 e. The lowest BCUT2D eigenvalue weighted by molar-refractivity contribution is -0.121. The van der Waals surface area contributed by atoms with Crippen molar-refractivity contribution in [1.82, 2.24) is 15.1 Å². The summed E-state index contributed by atoms with van der Waals surface area (Å²) in [5.74, 6) is 0.905. The van der Waals surface area contributed by atoms with Crippen LogP contribution in [0.15, 0.2) is 41.1 Å². The van der Waals surface area contributed by atoms with Crippen molar-refractivity contribution in [3.8, 4) is 11.4 Å². The highest BCUT2D eigenvalue weighted by Crippen LogP contribution is 2.21. The Labute approximate surface area is 122 Å². The second-order valence-electron chi connectivity index (χ2n) is 5.22. The van der Waals surface area contributed by atoms with Crippen molar-refractivity contribution in [2.24, 2.45) is 5.92 Å². The summed E-state index contributed by atoms with van der Waals surface area (Å²) >= 11 is 0. The van der Waals surface area contributed by atoms with Gasteiger partial charge in [-0.3, -0.25) is 9.78 Å². The van der Waals surface area contributed by atoms with Crippen LogP contribution in [-0.2, 0) is 11.2 Å². The summed E-state index contributed by atoms with van der Waals surface area (Å²) in [5.41, 5.74) is 1.77. The molecule has 2 heterocycles. The van der Waals surface area contributed by atoms with Crippen LogP contribution in [0.1, 0.15) is 19.7 Å². The van der Waals surface area contributed by atoms with Crippen LogP contribution in [0, 0.1) is 5.92 Å². The average molecular weight is 281 g/mol. The molecule has 0 aliphatic heterocycles. The number of carbonyl (C=O) groups is 1. The fraction of sp³-hybridized carbons (Fsp3) is 0.250. The van der Waals surface area contributed by atoms with Gasteiger partial charge >= 0.3 is 0 Å². The summed E-state index contributed by atoms with van der Waals surface area (Å²) in [7, 11) is 0. The van der Waals surface area contributed by atoms with Gasteiger partial charge in [-0.1, -0.05) is 25.1 Å². The molecular formula is C16H15N3O2. The fourth-order valence-electron chi connectivity index (χ4n) is 2.01. The van der Waals surface area contributed by atoms with E-state index in [9.17, 15) is 4.79 Å². The molecule has 1 aromatic carbocycles. The standard InChI is InChI=1S/C16H15N3O2/c1-10(2)14(20)9-15-18-16(19-21-15)12-5-6-13-11(8-12)4-3-7-17-13/h3-8,10H,9H2,1-2H3. The highest BCUT2D eigenvalue weighted by molar-refractivity contribution is 5.83. The summed E-state index contributed by atoms with van der Waals surface area (Å²) < 4.78 is 5.15. The van der Waals surface area contributed by atoms with Gasteiger partial charge in [-0.15, -0.1) is 0 Å². The van der Waals surface area contributed by atoms with E-state index in [0.29, 0.717) is 11.7 Å². The van der Waals surface area contributed by atoms with Crippen LogP contribution < -0.4 is 0 Å². The molecule has 0 spiro atoms. The first-order valence-corrected chi connectivity index (χ1v) is 6.84. The number of hydrogen-bond donors (Lipinski definition) is 0. The zero-order valence-electron chi connectivity index (χ0n) is 11.9. The number of ketones is 1. The predicted octanol–water partition coefficient (Wildman–Crippen LogP) is 3.05. The second-order valence-corrected chi connectivity index (χ2v) is 5.22. The molecule has 21 heavy (non-hydrogen) atoms. The van der Waals surface area contributed by atoms with Gasteiger partial charge in [0.15, 0.2) is 0 Å². The van der Waals surface area contributed by atoms with Crippen molar-refractivity contribution in [3.63, 3.8) is 0 Å². The van der Waals surface area contributed by atoms with Crippen LogP contribution in [0.5, 0.6) is 0 Å². The van der Waals surface area contributed by atoms with E-state index in [0.717, 1.165) is 16.5 Å². The van der Waals surface area contributed by atoms with E-state index in [2.05, 4.69) is 15.1 Å². The molecule has 0 aliphatic rings. The van der Waals surface area contributed by atoms with Crippen molar-refractivity contribution < 1.29 is 9.32 Å². The fourth-order valence-corrected chi connectivity index (χ4v) is 2.01. The molecule has 2 aromatic heterocycles. The van der Waals surface area contributed by atoms with Crippen molar-refractivity contribution in [2.75, 3.05) is 0 Å². The normalized spacial score (nSPS) is 11.2. The molecule has 0 saturated carbocycles. The van der Waals surface area contributed by atoms with Gasteiger partial charge < -0.3 is 4.52 Å². The van der Waals surface area contributed by atoms with Gasteiger partial charge in [0.2, 0.25) is 11.7 Å². The third kappa shape index (κ3) is 2.81. The molecule has 0 aliphatic carbocycles. The molecular weight excluding hydrogens is 266 g/mol. The van der Waals surface area contributed by atoms with Gasteiger partial charge in [0.05, 0.1) is 11.9 Å². The highest BCUT2D eigenvalue weighted by Gasteiger charge is 2.15. The van der Waals surface area contributed by atoms with Gasteiger partial charge in [-0.2, -0.15) is 4.98 Å². The third-order valence-corrected chi connectivity index (χ3v) is 3.30. The van der Waals surface area contributed by atoms with Crippen LogP contribution in [0.25, 0.3) is 22.3 Å². The molecule has 5 heteroatoms. The molecule has 106 valence electrons. The summed E-state index contributed by atoms with van der Waals surface area (Å²) in [5, 5.41) is 4.96. The lowest BCUT2D eigenvalue weighted by atomic mass is 10.1. The number of carbonyl (C=O) groups excluding carboxylic acids is 1. The molecule has 0 saturated heterocycles. The number of pyridine rings is 1. The largest absolute Gasteiger partial charge is 0.339 e. The van der Waals surface area contributed by atoms with Gasteiger partial charge in [0.25, 0.3) is 0 Å². The van der Waals surface area contributed by atoms with Crippen LogP contribution in [-0.4, -0.2) is 20.9 Å². The minimum absolute atomic E-state index is 0.0351. The quantitative estimate of drug-likeness (QED) is 0.735. The monoisotopic (exact) mass is 281 g/mol. The maximum Gasteiger partial charge on any atom is 0.234 e. The summed E-state index contributed by atoms with van der Waals surface area (Å²) in [4.78, 5) is 20.3. The lowest BCUT2D eigenvalue weighted by Gasteiger charge is -1.99. The van der Waals surface area contributed by atoms with E-state index in [1.807, 2.05) is 44.2 Å². The molecule has 0 unspecified atom stereocenters. The molecule has 0 N–H and O–H groups in total. The van der Waals surface area contributed by atoms with Gasteiger partial charge in [0.1, 0.15) is 5.78 Å². The van der Waals surface area contributed by atoms with E-state index >= 15 is 0 Å². The number of fused-ring (bicyclic) bond motifs is 1. The first-order valence-electron chi connectivity index (χ1n) is 6.84. The van der Waals surface area contributed by atoms with Crippen molar-refractivity contribution in [1.29, 1.82) is 0 Å². The second kappa shape index (κ2) is 5.44. The van der Waals surface area contributed by atoms with Gasteiger partial charge in [-0.05, 0) is 24.3 Å². The van der Waals surface area contributed by atoms with Crippen LogP contribution in [0.3, 0.4) is 0 Å². The molecule has 0 atom stereocenters. The summed E-state index contributed by atoms with van der Waals surface area (Å²) in [6.45, 7) is 3.71. The Kier molecular flexibility index (Phi) is 3.48. The summed E-state index contributed by atoms with van der Waals surface area (Å²) in [6.07, 6.45) is 1.94. The van der Waals surface area contributed by atoms with Crippen LogP contribution in [0.2, 0.25) is 0 Å². The molecule has 0 amide bonds. The molecule has 0 fully saturated rings. The first kappa shape index (κ1) is 13.4. The van der Waals surface area contributed by atoms with Crippen molar-refractivity contribution >= 4 is 16.7 Å². The Morgan fingerprint density at radius 3 is 2.95 bits per heavy atom. The number of Topliss-reactive ketones (excluding diaryl/α,β-unsaturated/α-hetero) is 1. The maximum atomic E-state index is 11.7. The molecule has 0 radical (unpaired) electrons. The van der Waals surface area contributed by atoms with E-state index in [4.69, 9.17) is 4.52 Å². The van der Waals surface area contributed by atoms with Gasteiger partial charge in [-0.25, -0.2) is 0 Å². The Morgan fingerprint density at radius 2 is 2.14 bits per heavy atom. The Morgan fingerprint density at radius 1 is 1.29 bits per heavy atom. The smallest absolute Gasteiger partial charge is 0.234 e. The number of benzene rings is 1. The maximum absolute atomic E-state index is 11.7. The van der Waals surface area contributed by atoms with Crippen molar-refractivity contribution in [2.45, 2.75) is 20.3 Å². The Balaban J connectivity index is 1.89. The predicted molar refractivity (Wildman–Crippen MR) is 78.6 cm³/mol. The van der Waals surface area contributed by atoms with E-state index in [1.54, 1.807) is 6.20 Å². The lowest BCUT2D eigenvalue weighted by Crippen LogP contribution is -2.10. The van der Waals surface area contributed by atoms with Gasteiger partial charge in [0, 0.05) is 23.1 Å². The number of hydrogen-bond acceptors (Lipinski definition) is 5. The first-order chi connectivity index (χ1) is 10.1. The van der Waals surface area contributed by atoms with Crippen molar-refractivity contribution in [3.05, 3.63) is 42.4 Å². The molecule has 5 nitrogen and oxygen atoms in total. The highest BCUT2D eigenvalue weighted by atomic mass is 16.5. The third-order valence-electron chi connectivity index (χ3n) is 3.30. The van der Waals surface area contributed by atoms with Crippen LogP contribution >= 0.6 is 0 Å². The Hall–Kier alpha value is -2.56. The average Bonchev–Trinajstić information content (AvgIpc) is 2.95. The van der Waals surface area contributed by atoms with E-state index < -0.39 is 0 Å². The van der Waals surface area contributed by atoms with E-state index in [1.165, 1.54) is 0 Å². The van der Waals surface area contributed by atoms with E-state index in [-0.39, 0.29) is 18.1 Å². The van der Waals surface area contributed by atoms with Crippen LogP contribution in [0.4, 0.5) is 0 Å². The SMILES string of the molecule is CC(C)C(=O)Cc1nc(-c2ccc3ncccc3c2)no1. The number of nitrogens with zero attached hydrogens (tertiary/aromatic N) is 3. The zero-order valence-corrected chi connectivity index (χ0v) is 11.9. The number of aromatic nitrogens is 3. The topological polar surface area (TPSA) is 68.9 Å². The Bertz CT molecular complexity index is 793. The molecule has 3 aromatic rings.